The second-order valence-electron chi connectivity index (χ2n) is 7.54. The van der Waals surface area contributed by atoms with E-state index in [1.807, 2.05) is 10.8 Å². The number of nitrogens with zero attached hydrogens (tertiary/aromatic N) is 3. The molecule has 0 bridgehead atoms. The Morgan fingerprint density at radius 1 is 1.31 bits per heavy atom. The van der Waals surface area contributed by atoms with Crippen LogP contribution in [0.1, 0.15) is 40.5 Å². The van der Waals surface area contributed by atoms with Crippen LogP contribution < -0.4 is 9.62 Å². The molecule has 1 saturated heterocycles. The van der Waals surface area contributed by atoms with Crippen LogP contribution in [0.25, 0.3) is 11.1 Å². The topological polar surface area (TPSA) is 129 Å². The maximum Gasteiger partial charge on any atom is 0.340 e. The Morgan fingerprint density at radius 3 is 2.41 bits per heavy atom. The van der Waals surface area contributed by atoms with Gasteiger partial charge in [-0.15, -0.1) is 0 Å². The molecule has 1 fully saturated rings. The fraction of sp³-hybridized carbons (Fsp3) is 0.364. The third kappa shape index (κ3) is 4.89. The van der Waals surface area contributed by atoms with Gasteiger partial charge in [-0.2, -0.15) is 5.26 Å². The van der Waals surface area contributed by atoms with Gasteiger partial charge in [-0.3, -0.25) is 9.52 Å². The Labute approximate surface area is 187 Å². The van der Waals surface area contributed by atoms with Crippen molar-refractivity contribution in [2.45, 2.75) is 33.2 Å². The highest BCUT2D eigenvalue weighted by Crippen LogP contribution is 2.41. The van der Waals surface area contributed by atoms with Crippen LogP contribution in [-0.4, -0.2) is 50.7 Å². The summed E-state index contributed by atoms with van der Waals surface area (Å²) in [6.45, 7) is 6.07. The summed E-state index contributed by atoms with van der Waals surface area (Å²) in [4.78, 5) is 29.8. The molecule has 32 heavy (non-hydrogen) atoms. The molecular weight excluding hydrogens is 432 g/mol. The number of carbonyl (C=O) groups excluding carboxylic acids is 2. The van der Waals surface area contributed by atoms with Gasteiger partial charge in [0.15, 0.2) is 0 Å². The van der Waals surface area contributed by atoms with Gasteiger partial charge in [-0.25, -0.2) is 18.2 Å². The molecule has 1 aromatic rings. The lowest BCUT2D eigenvalue weighted by Gasteiger charge is -2.40. The van der Waals surface area contributed by atoms with Crippen LogP contribution in [0.3, 0.4) is 0 Å². The van der Waals surface area contributed by atoms with E-state index in [0.717, 1.165) is 6.26 Å². The average Bonchev–Trinajstić information content (AvgIpc) is 3.06. The van der Waals surface area contributed by atoms with E-state index in [0.29, 0.717) is 18.7 Å². The number of ether oxygens (including phenoxy) is 1. The molecule has 1 amide bonds. The lowest BCUT2D eigenvalue weighted by atomic mass is 10.0. The van der Waals surface area contributed by atoms with E-state index in [-0.39, 0.29) is 23.6 Å². The van der Waals surface area contributed by atoms with Gasteiger partial charge in [-0.05, 0) is 49.9 Å². The Kier molecular flexibility index (Phi) is 6.50. The summed E-state index contributed by atoms with van der Waals surface area (Å²) in [6.07, 6.45) is 1.33. The monoisotopic (exact) mass is 456 g/mol. The van der Waals surface area contributed by atoms with E-state index in [1.165, 1.54) is 22.8 Å². The molecule has 168 valence electrons. The van der Waals surface area contributed by atoms with Crippen molar-refractivity contribution in [2.24, 2.45) is 0 Å². The highest BCUT2D eigenvalue weighted by molar-refractivity contribution is 7.89. The number of pyridine rings is 1. The molecule has 1 atom stereocenters. The number of aryl methyl sites for hydroxylation is 2. The number of anilines is 1. The zero-order chi connectivity index (χ0) is 23.6. The molecule has 4 rings (SSSR count). The van der Waals surface area contributed by atoms with Crippen molar-refractivity contribution in [2.75, 3.05) is 24.3 Å². The number of nitrogens with one attached hydrogen (secondary N) is 1. The third-order valence-electron chi connectivity index (χ3n) is 5.25. The Hall–Kier alpha value is -3.45. The molecule has 1 aromatic heterocycles. The van der Waals surface area contributed by atoms with Gasteiger partial charge in [0.25, 0.3) is 5.91 Å². The first kappa shape index (κ1) is 23.2. The summed E-state index contributed by atoms with van der Waals surface area (Å²) in [5.74, 6) is -1.01. The SMILES string of the molecule is CCOC(=O)c1cc(C#N)c(N2CCC2C(=O)NS(C)(=O)=O)nc1C.Cc1c2cccc1-2. The number of esters is 1. The fourth-order valence-corrected chi connectivity index (χ4v) is 3.97. The fourth-order valence-electron chi connectivity index (χ4n) is 3.46. The number of fused-ring (bicyclic) bond motifs is 1. The van der Waals surface area contributed by atoms with E-state index < -0.39 is 27.9 Å². The minimum Gasteiger partial charge on any atom is -0.462 e. The summed E-state index contributed by atoms with van der Waals surface area (Å²) < 4.78 is 29.3. The van der Waals surface area contributed by atoms with Crippen molar-refractivity contribution in [1.82, 2.24) is 9.71 Å². The number of benzene rings is 1. The Morgan fingerprint density at radius 2 is 1.97 bits per heavy atom. The Bertz CT molecular complexity index is 1210. The minimum absolute atomic E-state index is 0.116. The van der Waals surface area contributed by atoms with E-state index in [9.17, 15) is 23.3 Å². The predicted molar refractivity (Wildman–Crippen MR) is 119 cm³/mol. The van der Waals surface area contributed by atoms with Crippen LogP contribution in [0.2, 0.25) is 0 Å². The molecule has 2 aliphatic carbocycles. The second-order valence-corrected chi connectivity index (χ2v) is 9.29. The lowest BCUT2D eigenvalue weighted by Crippen LogP contribution is -2.57. The first-order chi connectivity index (χ1) is 15.1. The van der Waals surface area contributed by atoms with Gasteiger partial charge in [0, 0.05) is 6.54 Å². The maximum absolute atomic E-state index is 12.1. The second kappa shape index (κ2) is 8.96. The molecule has 9 nitrogen and oxygen atoms in total. The summed E-state index contributed by atoms with van der Waals surface area (Å²) >= 11 is 0. The van der Waals surface area contributed by atoms with Gasteiger partial charge >= 0.3 is 5.97 Å². The Balaban J connectivity index is 0.000000343. The normalized spacial score (nSPS) is 15.5. The van der Waals surface area contributed by atoms with Crippen molar-refractivity contribution < 1.29 is 22.7 Å². The molecule has 1 N–H and O–H groups in total. The highest BCUT2D eigenvalue weighted by Gasteiger charge is 2.38. The maximum atomic E-state index is 12.1. The van der Waals surface area contributed by atoms with Crippen molar-refractivity contribution in [3.05, 3.63) is 46.6 Å². The number of sulfonamides is 1. The molecular formula is C22H24N4O5S. The lowest BCUT2D eigenvalue weighted by molar-refractivity contribution is -0.121. The molecule has 0 radical (unpaired) electrons. The van der Waals surface area contributed by atoms with Crippen molar-refractivity contribution in [3.8, 4) is 17.2 Å². The van der Waals surface area contributed by atoms with E-state index in [4.69, 9.17) is 4.74 Å². The number of hydrogen-bond acceptors (Lipinski definition) is 8. The van der Waals surface area contributed by atoms with Crippen LogP contribution in [0.15, 0.2) is 24.3 Å². The van der Waals surface area contributed by atoms with Gasteiger partial charge in [0.2, 0.25) is 10.0 Å². The summed E-state index contributed by atoms with van der Waals surface area (Å²) in [5, 5.41) is 9.36. The molecule has 0 spiro atoms. The van der Waals surface area contributed by atoms with Crippen molar-refractivity contribution in [1.29, 1.82) is 5.26 Å². The van der Waals surface area contributed by atoms with Crippen LogP contribution in [0.4, 0.5) is 5.82 Å². The molecule has 1 aliphatic heterocycles. The number of aromatic nitrogens is 1. The number of hydrogen-bond donors (Lipinski definition) is 1. The number of carbonyl (C=O) groups is 2. The van der Waals surface area contributed by atoms with E-state index in [1.54, 1.807) is 18.7 Å². The third-order valence-corrected chi connectivity index (χ3v) is 5.82. The molecule has 1 unspecified atom stereocenters. The van der Waals surface area contributed by atoms with Gasteiger partial charge in [0.1, 0.15) is 17.9 Å². The summed E-state index contributed by atoms with van der Waals surface area (Å²) in [6, 6.07) is 9.01. The van der Waals surface area contributed by atoms with Crippen LogP contribution in [0, 0.1) is 25.2 Å². The van der Waals surface area contributed by atoms with Gasteiger partial charge < -0.3 is 9.64 Å². The summed E-state index contributed by atoms with van der Waals surface area (Å²) in [7, 11) is -3.67. The zero-order valence-electron chi connectivity index (χ0n) is 18.3. The molecule has 2 heterocycles. The molecule has 3 aliphatic rings. The largest absolute Gasteiger partial charge is 0.462 e. The number of rotatable bonds is 5. The predicted octanol–water partition coefficient (Wildman–Crippen LogP) is 2.07. The highest BCUT2D eigenvalue weighted by atomic mass is 32.2. The first-order valence-corrected chi connectivity index (χ1v) is 11.9. The minimum atomic E-state index is -3.67. The van der Waals surface area contributed by atoms with Crippen LogP contribution >= 0.6 is 0 Å². The first-order valence-electron chi connectivity index (χ1n) is 10.0. The zero-order valence-corrected chi connectivity index (χ0v) is 19.1. The van der Waals surface area contributed by atoms with Gasteiger partial charge in [-0.1, -0.05) is 18.2 Å². The smallest absolute Gasteiger partial charge is 0.340 e. The molecule has 0 saturated carbocycles. The standard InChI is InChI=1S/C15H18N4O5S.C7H6/c1-4-24-15(21)11-7-10(8-16)13(17-9(11)2)19-6-5-12(19)14(20)18-25(3,22)23;1-5-6-3-2-4-7(5)6/h7,12H,4-6H2,1-3H3,(H,18,20);2-4H,1H3. The van der Waals surface area contributed by atoms with E-state index >= 15 is 0 Å². The van der Waals surface area contributed by atoms with Crippen LogP contribution in [0.5, 0.6) is 0 Å². The number of nitriles is 1. The van der Waals surface area contributed by atoms with Crippen LogP contribution in [-0.2, 0) is 19.6 Å². The molecule has 0 aromatic carbocycles. The average molecular weight is 457 g/mol. The molecule has 10 heteroatoms. The van der Waals surface area contributed by atoms with Gasteiger partial charge in [0.05, 0.1) is 29.7 Å². The van der Waals surface area contributed by atoms with E-state index in [2.05, 4.69) is 30.1 Å². The van der Waals surface area contributed by atoms with Crippen molar-refractivity contribution >= 4 is 27.7 Å². The number of amides is 1. The quantitative estimate of drug-likeness (QED) is 0.578. The summed E-state index contributed by atoms with van der Waals surface area (Å²) in [5.41, 5.74) is 5.09. The van der Waals surface area contributed by atoms with Crippen molar-refractivity contribution in [3.63, 3.8) is 0 Å².